The fraction of sp³-hybridized carbons (Fsp3) is 0.333. The first-order valence-electron chi connectivity index (χ1n) is 4.74. The molecule has 1 N–H and O–H groups in total. The number of halogens is 2. The van der Waals surface area contributed by atoms with Gasteiger partial charge in [0, 0.05) is 22.0 Å². The summed E-state index contributed by atoms with van der Waals surface area (Å²) in [6.07, 6.45) is 6.89. The minimum Gasteiger partial charge on any atom is -0.313 e. The van der Waals surface area contributed by atoms with Crippen LogP contribution in [0.15, 0.2) is 22.7 Å². The Morgan fingerprint density at radius 1 is 1.60 bits per heavy atom. The van der Waals surface area contributed by atoms with Crippen molar-refractivity contribution < 1.29 is 0 Å². The van der Waals surface area contributed by atoms with Crippen molar-refractivity contribution in [3.8, 4) is 12.3 Å². The second-order valence-corrected chi connectivity index (χ2v) is 4.57. The summed E-state index contributed by atoms with van der Waals surface area (Å²) in [5.41, 5.74) is 1.09. The lowest BCUT2D eigenvalue weighted by atomic mass is 10.0. The van der Waals surface area contributed by atoms with Crippen molar-refractivity contribution in [1.29, 1.82) is 0 Å². The summed E-state index contributed by atoms with van der Waals surface area (Å²) in [4.78, 5) is 0. The molecule has 1 nitrogen and oxygen atoms in total. The van der Waals surface area contributed by atoms with E-state index in [1.54, 1.807) is 0 Å². The number of hydrogen-bond donors (Lipinski definition) is 1. The normalized spacial score (nSPS) is 12.1. The highest BCUT2D eigenvalue weighted by atomic mass is 79.9. The average Bonchev–Trinajstić information content (AvgIpc) is 2.24. The molecule has 80 valence electrons. The summed E-state index contributed by atoms with van der Waals surface area (Å²) in [7, 11) is 1.92. The van der Waals surface area contributed by atoms with Gasteiger partial charge in [0.25, 0.3) is 0 Å². The van der Waals surface area contributed by atoms with Gasteiger partial charge in [0.2, 0.25) is 0 Å². The highest BCUT2D eigenvalue weighted by Gasteiger charge is 2.12. The van der Waals surface area contributed by atoms with E-state index in [1.165, 1.54) is 0 Å². The largest absolute Gasteiger partial charge is 0.313 e. The highest BCUT2D eigenvalue weighted by molar-refractivity contribution is 9.10. The van der Waals surface area contributed by atoms with Crippen LogP contribution in [0.3, 0.4) is 0 Å². The molecule has 1 atom stereocenters. The van der Waals surface area contributed by atoms with Crippen LogP contribution in [0.1, 0.15) is 24.4 Å². The Morgan fingerprint density at radius 3 is 2.93 bits per heavy atom. The third-order valence-corrected chi connectivity index (χ3v) is 3.10. The van der Waals surface area contributed by atoms with E-state index in [-0.39, 0.29) is 6.04 Å². The van der Waals surface area contributed by atoms with Gasteiger partial charge in [0.1, 0.15) is 0 Å². The first-order chi connectivity index (χ1) is 7.19. The lowest BCUT2D eigenvalue weighted by molar-refractivity contribution is 0.558. The van der Waals surface area contributed by atoms with E-state index >= 15 is 0 Å². The van der Waals surface area contributed by atoms with Gasteiger partial charge in [0.05, 0.1) is 0 Å². The molecular formula is C12H13BrClN. The summed E-state index contributed by atoms with van der Waals surface area (Å²) in [5, 5.41) is 3.99. The van der Waals surface area contributed by atoms with Crippen molar-refractivity contribution in [3.05, 3.63) is 33.3 Å². The lowest BCUT2D eigenvalue weighted by Gasteiger charge is -2.17. The molecule has 0 saturated heterocycles. The van der Waals surface area contributed by atoms with Crippen molar-refractivity contribution in [1.82, 2.24) is 5.32 Å². The van der Waals surface area contributed by atoms with Gasteiger partial charge >= 0.3 is 0 Å². The van der Waals surface area contributed by atoms with Crippen LogP contribution in [0.25, 0.3) is 0 Å². The monoisotopic (exact) mass is 285 g/mol. The maximum Gasteiger partial charge on any atom is 0.0454 e. The van der Waals surface area contributed by atoms with Crippen LogP contribution in [-0.2, 0) is 0 Å². The topological polar surface area (TPSA) is 12.0 Å². The van der Waals surface area contributed by atoms with Crippen molar-refractivity contribution in [2.45, 2.75) is 18.9 Å². The number of rotatable bonds is 4. The Labute approximate surface area is 104 Å². The van der Waals surface area contributed by atoms with E-state index in [2.05, 4.69) is 27.2 Å². The molecule has 1 rings (SSSR count). The van der Waals surface area contributed by atoms with Gasteiger partial charge in [-0.15, -0.1) is 12.3 Å². The molecule has 1 unspecified atom stereocenters. The Balaban J connectivity index is 2.91. The fourth-order valence-corrected chi connectivity index (χ4v) is 2.09. The first-order valence-corrected chi connectivity index (χ1v) is 5.91. The van der Waals surface area contributed by atoms with E-state index in [0.717, 1.165) is 27.9 Å². The van der Waals surface area contributed by atoms with Gasteiger partial charge in [-0.3, -0.25) is 0 Å². The average molecular weight is 287 g/mol. The Bertz CT molecular complexity index is 370. The molecule has 0 aliphatic rings. The smallest absolute Gasteiger partial charge is 0.0454 e. The molecule has 3 heteroatoms. The third kappa shape index (κ3) is 3.53. The molecule has 0 radical (unpaired) electrons. The molecular weight excluding hydrogens is 273 g/mol. The standard InChI is InChI=1S/C12H13BrClN/c1-3-4-5-12(15-2)10-8-9(13)6-7-11(10)14/h1,6-8,12,15H,4-5H2,2H3. The summed E-state index contributed by atoms with van der Waals surface area (Å²) < 4.78 is 1.03. The van der Waals surface area contributed by atoms with Crippen LogP contribution < -0.4 is 5.32 Å². The quantitative estimate of drug-likeness (QED) is 0.831. The van der Waals surface area contributed by atoms with Gasteiger partial charge < -0.3 is 5.32 Å². The van der Waals surface area contributed by atoms with E-state index in [1.807, 2.05) is 25.2 Å². The summed E-state index contributed by atoms with van der Waals surface area (Å²) in [6.45, 7) is 0. The zero-order valence-electron chi connectivity index (χ0n) is 8.56. The second-order valence-electron chi connectivity index (χ2n) is 3.25. The molecule has 0 bridgehead atoms. The van der Waals surface area contributed by atoms with Gasteiger partial charge in [0.15, 0.2) is 0 Å². The molecule has 0 heterocycles. The number of terminal acetylenes is 1. The molecule has 1 aromatic rings. The van der Waals surface area contributed by atoms with Crippen molar-refractivity contribution >= 4 is 27.5 Å². The maximum absolute atomic E-state index is 6.14. The van der Waals surface area contributed by atoms with Crippen LogP contribution in [0.2, 0.25) is 5.02 Å². The molecule has 0 spiro atoms. The SMILES string of the molecule is C#CCCC(NC)c1cc(Br)ccc1Cl. The van der Waals surface area contributed by atoms with Gasteiger partial charge in [-0.2, -0.15) is 0 Å². The Kier molecular flexibility index (Phi) is 5.17. The van der Waals surface area contributed by atoms with Crippen molar-refractivity contribution in [3.63, 3.8) is 0 Å². The fourth-order valence-electron chi connectivity index (χ4n) is 1.46. The van der Waals surface area contributed by atoms with Gasteiger partial charge in [-0.25, -0.2) is 0 Å². The third-order valence-electron chi connectivity index (χ3n) is 2.26. The second kappa shape index (κ2) is 6.17. The summed E-state index contributed by atoms with van der Waals surface area (Å²) >= 11 is 9.57. The Hall–Kier alpha value is -0.490. The minimum atomic E-state index is 0.214. The zero-order valence-corrected chi connectivity index (χ0v) is 10.9. The predicted molar refractivity (Wildman–Crippen MR) is 69.0 cm³/mol. The van der Waals surface area contributed by atoms with Crippen LogP contribution in [0, 0.1) is 12.3 Å². The predicted octanol–water partition coefficient (Wildman–Crippen LogP) is 3.78. The van der Waals surface area contributed by atoms with Gasteiger partial charge in [-0.05, 0) is 37.2 Å². The number of benzene rings is 1. The van der Waals surface area contributed by atoms with E-state index in [4.69, 9.17) is 18.0 Å². The molecule has 0 amide bonds. The maximum atomic E-state index is 6.14. The minimum absolute atomic E-state index is 0.214. The Morgan fingerprint density at radius 2 is 2.33 bits per heavy atom. The molecule has 0 aliphatic carbocycles. The molecule has 0 aliphatic heterocycles. The first kappa shape index (κ1) is 12.6. The van der Waals surface area contributed by atoms with E-state index in [0.29, 0.717) is 0 Å². The van der Waals surface area contributed by atoms with Crippen LogP contribution in [0.5, 0.6) is 0 Å². The van der Waals surface area contributed by atoms with Crippen LogP contribution in [0.4, 0.5) is 0 Å². The molecule has 0 saturated carbocycles. The number of nitrogens with one attached hydrogen (secondary N) is 1. The van der Waals surface area contributed by atoms with Crippen molar-refractivity contribution in [2.24, 2.45) is 0 Å². The molecule has 0 aromatic heterocycles. The summed E-state index contributed by atoms with van der Waals surface area (Å²) in [6, 6.07) is 6.06. The molecule has 0 fully saturated rings. The van der Waals surface area contributed by atoms with E-state index < -0.39 is 0 Å². The van der Waals surface area contributed by atoms with Gasteiger partial charge in [-0.1, -0.05) is 27.5 Å². The summed E-state index contributed by atoms with van der Waals surface area (Å²) in [5.74, 6) is 2.64. The lowest BCUT2D eigenvalue weighted by Crippen LogP contribution is -2.16. The van der Waals surface area contributed by atoms with E-state index in [9.17, 15) is 0 Å². The molecule has 1 aromatic carbocycles. The molecule has 15 heavy (non-hydrogen) atoms. The number of hydrogen-bond acceptors (Lipinski definition) is 1. The van der Waals surface area contributed by atoms with Crippen LogP contribution in [-0.4, -0.2) is 7.05 Å². The van der Waals surface area contributed by atoms with Crippen molar-refractivity contribution in [2.75, 3.05) is 7.05 Å². The van der Waals surface area contributed by atoms with Crippen LogP contribution >= 0.6 is 27.5 Å². The zero-order chi connectivity index (χ0) is 11.3. The highest BCUT2D eigenvalue weighted by Crippen LogP contribution is 2.28.